The molecule has 12 nitrogen and oxygen atoms in total. The molecular weight excluding hydrogens is 569 g/mol. The number of aryl methyl sites for hydroxylation is 2. The first-order valence-electron chi connectivity index (χ1n) is 12.8. The van der Waals surface area contributed by atoms with Crippen LogP contribution >= 0.6 is 0 Å². The Kier molecular flexibility index (Phi) is 7.58. The Morgan fingerprint density at radius 2 is 1.81 bits per heavy atom. The topological polar surface area (TPSA) is 151 Å². The number of fused-ring (bicyclic) bond motifs is 1. The summed E-state index contributed by atoms with van der Waals surface area (Å²) >= 11 is 0. The standard InChI is InChI=1S/C28H25F3N8O4/c1-15-35-37(2)27(42)39(15)19-9-7-16(8-10-19)22-20(11-12-43-3)24-23(34-21(28(29,30)31)14-38(24)36-22)26(41)33-18-6-4-5-17(13-18)25(32)40/h4-10,13-14H,11-12H2,1-3H3,(H2,32,40)(H,33,41). The fourth-order valence-corrected chi connectivity index (χ4v) is 4.69. The minimum atomic E-state index is -4.88. The van der Waals surface area contributed by atoms with Gasteiger partial charge in [-0.25, -0.2) is 23.5 Å². The number of primary amides is 1. The maximum absolute atomic E-state index is 13.9. The fraction of sp³-hybridized carbons (Fsp3) is 0.214. The van der Waals surface area contributed by atoms with Crippen molar-refractivity contribution in [2.45, 2.75) is 19.5 Å². The molecule has 0 saturated heterocycles. The molecule has 0 aliphatic carbocycles. The van der Waals surface area contributed by atoms with Crippen molar-refractivity contribution >= 4 is 23.0 Å². The zero-order valence-electron chi connectivity index (χ0n) is 23.1. The molecule has 222 valence electrons. The van der Waals surface area contributed by atoms with Crippen LogP contribution in [0, 0.1) is 6.92 Å². The fourth-order valence-electron chi connectivity index (χ4n) is 4.69. The van der Waals surface area contributed by atoms with E-state index in [9.17, 15) is 27.6 Å². The highest BCUT2D eigenvalue weighted by molar-refractivity contribution is 6.09. The number of rotatable bonds is 8. The molecule has 0 aliphatic heterocycles. The van der Waals surface area contributed by atoms with Gasteiger partial charge in [-0.05, 0) is 37.3 Å². The Hall–Kier alpha value is -5.31. The summed E-state index contributed by atoms with van der Waals surface area (Å²) in [7, 11) is 3.00. The molecule has 2 aromatic carbocycles. The molecule has 5 aromatic rings. The van der Waals surface area contributed by atoms with Gasteiger partial charge in [0.2, 0.25) is 5.91 Å². The van der Waals surface area contributed by atoms with Crippen LogP contribution in [0.2, 0.25) is 0 Å². The summed E-state index contributed by atoms with van der Waals surface area (Å²) < 4.78 is 50.5. The van der Waals surface area contributed by atoms with Gasteiger partial charge in [0.05, 0.1) is 24.2 Å². The lowest BCUT2D eigenvalue weighted by molar-refractivity contribution is -0.141. The molecule has 0 saturated carbocycles. The summed E-state index contributed by atoms with van der Waals surface area (Å²) in [5.41, 5.74) is 5.15. The largest absolute Gasteiger partial charge is 0.434 e. The average Bonchev–Trinajstić information content (AvgIpc) is 3.46. The van der Waals surface area contributed by atoms with Crippen molar-refractivity contribution in [1.82, 2.24) is 28.9 Å². The minimum Gasteiger partial charge on any atom is -0.384 e. The molecule has 0 radical (unpaired) electrons. The molecule has 3 heterocycles. The number of alkyl halides is 3. The summed E-state index contributed by atoms with van der Waals surface area (Å²) in [6.07, 6.45) is -3.99. The van der Waals surface area contributed by atoms with E-state index in [0.29, 0.717) is 34.5 Å². The summed E-state index contributed by atoms with van der Waals surface area (Å²) in [5, 5.41) is 11.1. The molecule has 3 N–H and O–H groups in total. The molecule has 2 amide bonds. The Morgan fingerprint density at radius 3 is 2.42 bits per heavy atom. The second-order valence-corrected chi connectivity index (χ2v) is 9.57. The number of anilines is 1. The number of carbonyl (C=O) groups is 2. The van der Waals surface area contributed by atoms with Gasteiger partial charge in [0.1, 0.15) is 11.3 Å². The number of nitrogens with zero attached hydrogens (tertiary/aromatic N) is 6. The summed E-state index contributed by atoms with van der Waals surface area (Å²) in [5.74, 6) is -1.23. The maximum Gasteiger partial charge on any atom is 0.434 e. The average molecular weight is 595 g/mol. The van der Waals surface area contributed by atoms with Gasteiger partial charge < -0.3 is 15.8 Å². The van der Waals surface area contributed by atoms with Crippen molar-refractivity contribution in [2.75, 3.05) is 19.0 Å². The van der Waals surface area contributed by atoms with Crippen LogP contribution in [0.3, 0.4) is 0 Å². The number of nitrogens with two attached hydrogens (primary N) is 1. The predicted molar refractivity (Wildman–Crippen MR) is 149 cm³/mol. The first kappa shape index (κ1) is 29.2. The van der Waals surface area contributed by atoms with Crippen molar-refractivity contribution in [3.8, 4) is 16.9 Å². The van der Waals surface area contributed by atoms with Crippen molar-refractivity contribution in [2.24, 2.45) is 12.8 Å². The Labute approximate surface area is 241 Å². The van der Waals surface area contributed by atoms with Gasteiger partial charge >= 0.3 is 11.9 Å². The highest BCUT2D eigenvalue weighted by Gasteiger charge is 2.36. The van der Waals surface area contributed by atoms with E-state index in [2.05, 4.69) is 20.5 Å². The minimum absolute atomic E-state index is 0.0482. The van der Waals surface area contributed by atoms with Crippen LogP contribution in [0.5, 0.6) is 0 Å². The van der Waals surface area contributed by atoms with Gasteiger partial charge in [0.15, 0.2) is 11.4 Å². The summed E-state index contributed by atoms with van der Waals surface area (Å²) in [4.78, 5) is 41.2. The van der Waals surface area contributed by atoms with Gasteiger partial charge in [-0.15, -0.1) is 0 Å². The van der Waals surface area contributed by atoms with Crippen LogP contribution in [-0.2, 0) is 24.4 Å². The molecule has 15 heteroatoms. The second-order valence-electron chi connectivity index (χ2n) is 9.57. The lowest BCUT2D eigenvalue weighted by atomic mass is 10.0. The maximum atomic E-state index is 13.9. The number of hydrogen-bond donors (Lipinski definition) is 2. The molecule has 0 aliphatic rings. The lowest BCUT2D eigenvalue weighted by Gasteiger charge is -2.12. The number of nitrogens with one attached hydrogen (secondary N) is 1. The zero-order valence-corrected chi connectivity index (χ0v) is 23.1. The summed E-state index contributed by atoms with van der Waals surface area (Å²) in [6, 6.07) is 12.3. The van der Waals surface area contributed by atoms with Crippen molar-refractivity contribution < 1.29 is 27.5 Å². The van der Waals surface area contributed by atoms with Crippen molar-refractivity contribution in [3.63, 3.8) is 0 Å². The SMILES string of the molecule is COCCc1c(-c2ccc(-n3c(C)nn(C)c3=O)cc2)nn2cc(C(F)(F)F)nc(C(=O)Nc3cccc(C(N)=O)c3)c12. The smallest absolute Gasteiger partial charge is 0.384 e. The summed E-state index contributed by atoms with van der Waals surface area (Å²) in [6.45, 7) is 1.85. The molecule has 0 spiro atoms. The third-order valence-electron chi connectivity index (χ3n) is 6.66. The molecule has 5 rings (SSSR count). The molecular formula is C28H25F3N8O4. The van der Waals surface area contributed by atoms with Gasteiger partial charge in [-0.3, -0.25) is 9.59 Å². The van der Waals surface area contributed by atoms with Gasteiger partial charge in [-0.2, -0.15) is 23.4 Å². The van der Waals surface area contributed by atoms with Crippen LogP contribution in [0.4, 0.5) is 18.9 Å². The third kappa shape index (κ3) is 5.61. The quantitative estimate of drug-likeness (QED) is 0.280. The van der Waals surface area contributed by atoms with E-state index in [1.807, 2.05) is 0 Å². The first-order valence-corrected chi connectivity index (χ1v) is 12.8. The van der Waals surface area contributed by atoms with E-state index in [1.54, 1.807) is 31.2 Å². The molecule has 43 heavy (non-hydrogen) atoms. The van der Waals surface area contributed by atoms with Gasteiger partial charge in [0, 0.05) is 43.0 Å². The van der Waals surface area contributed by atoms with Crippen LogP contribution in [0.1, 0.15) is 37.9 Å². The van der Waals surface area contributed by atoms with Gasteiger partial charge in [0.25, 0.3) is 5.91 Å². The number of hydrogen-bond acceptors (Lipinski definition) is 7. The Morgan fingerprint density at radius 1 is 1.09 bits per heavy atom. The van der Waals surface area contributed by atoms with Crippen LogP contribution in [0.25, 0.3) is 22.5 Å². The van der Waals surface area contributed by atoms with Gasteiger partial charge in [-0.1, -0.05) is 18.2 Å². The van der Waals surface area contributed by atoms with Crippen molar-refractivity contribution in [1.29, 1.82) is 0 Å². The molecule has 0 bridgehead atoms. The highest BCUT2D eigenvalue weighted by Crippen LogP contribution is 2.33. The van der Waals surface area contributed by atoms with E-state index < -0.39 is 29.4 Å². The van der Waals surface area contributed by atoms with E-state index in [1.165, 1.54) is 47.7 Å². The molecule has 3 aromatic heterocycles. The number of amides is 2. The number of carbonyl (C=O) groups excluding carboxylic acids is 2. The van der Waals surface area contributed by atoms with E-state index in [-0.39, 0.29) is 35.5 Å². The second kappa shape index (κ2) is 11.2. The van der Waals surface area contributed by atoms with Crippen LogP contribution < -0.4 is 16.7 Å². The van der Waals surface area contributed by atoms with E-state index >= 15 is 0 Å². The molecule has 0 atom stereocenters. The Bertz CT molecular complexity index is 1920. The van der Waals surface area contributed by atoms with E-state index in [4.69, 9.17) is 10.5 Å². The number of ether oxygens (including phenoxy) is 1. The highest BCUT2D eigenvalue weighted by atomic mass is 19.4. The zero-order chi connectivity index (χ0) is 31.1. The van der Waals surface area contributed by atoms with E-state index in [0.717, 1.165) is 4.52 Å². The first-order chi connectivity index (χ1) is 20.4. The number of benzene rings is 2. The van der Waals surface area contributed by atoms with Crippen molar-refractivity contribution in [3.05, 3.63) is 93.6 Å². The molecule has 0 fully saturated rings. The number of methoxy groups -OCH3 is 1. The van der Waals surface area contributed by atoms with Crippen LogP contribution in [0.15, 0.2) is 59.5 Å². The van der Waals surface area contributed by atoms with Crippen LogP contribution in [-0.4, -0.2) is 54.5 Å². The normalized spacial score (nSPS) is 11.7. The predicted octanol–water partition coefficient (Wildman–Crippen LogP) is 3.15. The third-order valence-corrected chi connectivity index (χ3v) is 6.66. The monoisotopic (exact) mass is 594 g/mol. The number of halogens is 3. The number of aromatic nitrogens is 6. The Balaban J connectivity index is 1.66. The lowest BCUT2D eigenvalue weighted by Crippen LogP contribution is -2.21. The molecule has 0 unspecified atom stereocenters.